The summed E-state index contributed by atoms with van der Waals surface area (Å²) in [6.45, 7) is 1.42. The molecular formula is C15H17NO8. The molecule has 0 spiro atoms. The third-order valence-corrected chi connectivity index (χ3v) is 3.48. The molecule has 0 fully saturated rings. The predicted octanol–water partition coefficient (Wildman–Crippen LogP) is 1.30. The van der Waals surface area contributed by atoms with Crippen LogP contribution in [0, 0.1) is 10.1 Å². The summed E-state index contributed by atoms with van der Waals surface area (Å²) < 4.78 is 13.7. The standard InChI is InChI=1S/C15H17NO8/c1-8(13(17)22-2)10-7-9(5-6-11(10)16(20)21)12(14(18)23-3)15(19)24-4/h5-8,12H,1-4H3. The minimum absolute atomic E-state index is 0.0159. The van der Waals surface area contributed by atoms with E-state index in [0.29, 0.717) is 0 Å². The Hall–Kier alpha value is -2.97. The number of methoxy groups -OCH3 is 3. The van der Waals surface area contributed by atoms with E-state index in [1.165, 1.54) is 19.1 Å². The van der Waals surface area contributed by atoms with E-state index in [1.807, 2.05) is 0 Å². The molecule has 1 atom stereocenters. The molecule has 0 aliphatic rings. The van der Waals surface area contributed by atoms with Crippen molar-refractivity contribution in [1.82, 2.24) is 0 Å². The van der Waals surface area contributed by atoms with Gasteiger partial charge in [-0.05, 0) is 18.6 Å². The van der Waals surface area contributed by atoms with E-state index in [0.717, 1.165) is 27.4 Å². The minimum Gasteiger partial charge on any atom is -0.469 e. The van der Waals surface area contributed by atoms with E-state index in [2.05, 4.69) is 14.2 Å². The molecule has 0 N–H and O–H groups in total. The van der Waals surface area contributed by atoms with Gasteiger partial charge >= 0.3 is 17.9 Å². The highest BCUT2D eigenvalue weighted by Crippen LogP contribution is 2.31. The Morgan fingerprint density at radius 2 is 1.50 bits per heavy atom. The van der Waals surface area contributed by atoms with Gasteiger partial charge < -0.3 is 14.2 Å². The van der Waals surface area contributed by atoms with Crippen LogP contribution in [-0.4, -0.2) is 44.2 Å². The zero-order valence-corrected chi connectivity index (χ0v) is 13.6. The monoisotopic (exact) mass is 339 g/mol. The van der Waals surface area contributed by atoms with Gasteiger partial charge in [0, 0.05) is 11.6 Å². The van der Waals surface area contributed by atoms with Crippen LogP contribution >= 0.6 is 0 Å². The van der Waals surface area contributed by atoms with Crippen molar-refractivity contribution in [1.29, 1.82) is 0 Å². The van der Waals surface area contributed by atoms with Crippen molar-refractivity contribution in [2.45, 2.75) is 18.8 Å². The molecule has 0 aliphatic carbocycles. The Kier molecular flexibility index (Phi) is 6.39. The molecule has 1 aromatic carbocycles. The molecule has 24 heavy (non-hydrogen) atoms. The third-order valence-electron chi connectivity index (χ3n) is 3.48. The third kappa shape index (κ3) is 3.86. The average molecular weight is 339 g/mol. The number of hydrogen-bond acceptors (Lipinski definition) is 8. The first-order valence-electron chi connectivity index (χ1n) is 6.80. The number of carbonyl (C=O) groups excluding carboxylic acids is 3. The highest BCUT2D eigenvalue weighted by Gasteiger charge is 2.33. The van der Waals surface area contributed by atoms with Gasteiger partial charge in [0.15, 0.2) is 5.92 Å². The first-order chi connectivity index (χ1) is 11.3. The number of carbonyl (C=O) groups is 3. The molecule has 0 aromatic heterocycles. The summed E-state index contributed by atoms with van der Waals surface area (Å²) in [6, 6.07) is 3.59. The lowest BCUT2D eigenvalue weighted by Crippen LogP contribution is -2.25. The molecule has 0 heterocycles. The number of nitro groups is 1. The van der Waals surface area contributed by atoms with Gasteiger partial charge in [0.2, 0.25) is 0 Å². The van der Waals surface area contributed by atoms with Gasteiger partial charge in [0.25, 0.3) is 5.69 Å². The second-order valence-corrected chi connectivity index (χ2v) is 4.80. The van der Waals surface area contributed by atoms with Crippen molar-refractivity contribution >= 4 is 23.6 Å². The molecule has 9 nitrogen and oxygen atoms in total. The van der Waals surface area contributed by atoms with Crippen LogP contribution in [0.15, 0.2) is 18.2 Å². The lowest BCUT2D eigenvalue weighted by atomic mass is 9.91. The van der Waals surface area contributed by atoms with Crippen molar-refractivity contribution in [3.63, 3.8) is 0 Å². The second kappa shape index (κ2) is 8.04. The van der Waals surface area contributed by atoms with E-state index >= 15 is 0 Å². The van der Waals surface area contributed by atoms with Crippen molar-refractivity contribution in [3.8, 4) is 0 Å². The SMILES string of the molecule is COC(=O)C(C)c1cc(C(C(=O)OC)C(=O)OC)ccc1[N+](=O)[O-]. The van der Waals surface area contributed by atoms with Crippen LogP contribution in [0.4, 0.5) is 5.69 Å². The van der Waals surface area contributed by atoms with Gasteiger partial charge in [-0.1, -0.05) is 6.07 Å². The average Bonchev–Trinajstić information content (AvgIpc) is 2.59. The molecule has 0 amide bonds. The van der Waals surface area contributed by atoms with Crippen LogP contribution in [0.25, 0.3) is 0 Å². The summed E-state index contributed by atoms with van der Waals surface area (Å²) in [6.07, 6.45) is 0. The summed E-state index contributed by atoms with van der Waals surface area (Å²) in [5.74, 6) is -4.83. The molecule has 1 rings (SSSR count). The fourth-order valence-electron chi connectivity index (χ4n) is 2.17. The molecule has 0 bridgehead atoms. The van der Waals surface area contributed by atoms with Crippen LogP contribution in [0.1, 0.15) is 29.9 Å². The normalized spacial score (nSPS) is 11.5. The zero-order chi connectivity index (χ0) is 18.4. The number of ether oxygens (including phenoxy) is 3. The quantitative estimate of drug-likeness (QED) is 0.250. The van der Waals surface area contributed by atoms with E-state index in [4.69, 9.17) is 0 Å². The molecule has 0 aliphatic heterocycles. The van der Waals surface area contributed by atoms with Gasteiger partial charge in [-0.3, -0.25) is 24.5 Å². The molecule has 0 saturated carbocycles. The van der Waals surface area contributed by atoms with Crippen LogP contribution in [0.3, 0.4) is 0 Å². The van der Waals surface area contributed by atoms with Crippen molar-refractivity contribution in [2.24, 2.45) is 0 Å². The summed E-state index contributed by atoms with van der Waals surface area (Å²) in [5, 5.41) is 11.2. The molecule has 1 aromatic rings. The van der Waals surface area contributed by atoms with E-state index in [-0.39, 0.29) is 16.8 Å². The lowest BCUT2D eigenvalue weighted by molar-refractivity contribution is -0.385. The smallest absolute Gasteiger partial charge is 0.324 e. The van der Waals surface area contributed by atoms with Crippen LogP contribution < -0.4 is 0 Å². The van der Waals surface area contributed by atoms with E-state index in [9.17, 15) is 24.5 Å². The Morgan fingerprint density at radius 3 is 1.92 bits per heavy atom. The first kappa shape index (κ1) is 19.1. The van der Waals surface area contributed by atoms with Gasteiger partial charge in [-0.2, -0.15) is 0 Å². The Balaban J connectivity index is 3.50. The summed E-state index contributed by atoms with van der Waals surface area (Å²) in [5.41, 5.74) is -0.197. The van der Waals surface area contributed by atoms with Gasteiger partial charge in [0.05, 0.1) is 32.2 Å². The molecule has 130 valence electrons. The fraction of sp³-hybridized carbons (Fsp3) is 0.400. The number of nitro benzene ring substituents is 1. The maximum absolute atomic E-state index is 11.9. The van der Waals surface area contributed by atoms with Crippen LogP contribution in [0.5, 0.6) is 0 Å². The van der Waals surface area contributed by atoms with Crippen LogP contribution in [0.2, 0.25) is 0 Å². The molecular weight excluding hydrogens is 322 g/mol. The summed E-state index contributed by atoms with van der Waals surface area (Å²) in [7, 11) is 3.35. The summed E-state index contributed by atoms with van der Waals surface area (Å²) >= 11 is 0. The molecule has 9 heteroatoms. The molecule has 1 unspecified atom stereocenters. The predicted molar refractivity (Wildman–Crippen MR) is 80.3 cm³/mol. The second-order valence-electron chi connectivity index (χ2n) is 4.80. The van der Waals surface area contributed by atoms with Crippen LogP contribution in [-0.2, 0) is 28.6 Å². The topological polar surface area (TPSA) is 122 Å². The number of rotatable bonds is 6. The highest BCUT2D eigenvalue weighted by atomic mass is 16.6. The van der Waals surface area contributed by atoms with E-state index < -0.39 is 34.7 Å². The fourth-order valence-corrected chi connectivity index (χ4v) is 2.17. The Morgan fingerprint density at radius 1 is 1.00 bits per heavy atom. The highest BCUT2D eigenvalue weighted by molar-refractivity contribution is 6.01. The Bertz CT molecular complexity index is 653. The number of hydrogen-bond donors (Lipinski definition) is 0. The van der Waals surface area contributed by atoms with Gasteiger partial charge in [0.1, 0.15) is 0 Å². The lowest BCUT2D eigenvalue weighted by Gasteiger charge is -2.16. The number of esters is 3. The molecule has 0 radical (unpaired) electrons. The minimum atomic E-state index is -1.41. The number of nitrogens with zero attached hydrogens (tertiary/aromatic N) is 1. The molecule has 0 saturated heterocycles. The summed E-state index contributed by atoms with van der Waals surface area (Å²) in [4.78, 5) is 45.9. The first-order valence-corrected chi connectivity index (χ1v) is 6.80. The largest absolute Gasteiger partial charge is 0.469 e. The maximum atomic E-state index is 11.9. The van der Waals surface area contributed by atoms with E-state index in [1.54, 1.807) is 0 Å². The van der Waals surface area contributed by atoms with Crippen molar-refractivity contribution in [2.75, 3.05) is 21.3 Å². The Labute approximate surface area is 137 Å². The number of benzene rings is 1. The van der Waals surface area contributed by atoms with Gasteiger partial charge in [-0.15, -0.1) is 0 Å². The van der Waals surface area contributed by atoms with Crippen molar-refractivity contribution in [3.05, 3.63) is 39.4 Å². The maximum Gasteiger partial charge on any atom is 0.324 e. The van der Waals surface area contributed by atoms with Gasteiger partial charge in [-0.25, -0.2) is 0 Å². The zero-order valence-electron chi connectivity index (χ0n) is 13.6. The van der Waals surface area contributed by atoms with Crippen molar-refractivity contribution < 1.29 is 33.5 Å².